The molecule has 1 aliphatic rings. The quantitative estimate of drug-likeness (QED) is 0.201. The summed E-state index contributed by atoms with van der Waals surface area (Å²) >= 11 is 6.11. The van der Waals surface area contributed by atoms with Crippen LogP contribution >= 0.6 is 11.6 Å². The zero-order chi connectivity index (χ0) is 31.9. The number of likely N-dealkylation sites (N-methyl/N-ethyl adjacent to an activating group) is 1. The first-order chi connectivity index (χ1) is 21.0. The summed E-state index contributed by atoms with van der Waals surface area (Å²) in [6.07, 6.45) is 0. The van der Waals surface area contributed by atoms with Gasteiger partial charge in [-0.2, -0.15) is 17.8 Å². The summed E-state index contributed by atoms with van der Waals surface area (Å²) in [5.41, 5.74) is 0.653. The number of aliphatic imine (C=N–C) groups is 1. The van der Waals surface area contributed by atoms with Gasteiger partial charge in [-0.1, -0.05) is 54.9 Å². The Morgan fingerprint density at radius 1 is 1.11 bits per heavy atom. The number of ether oxygens (including phenoxy) is 2. The van der Waals surface area contributed by atoms with Crippen molar-refractivity contribution >= 4 is 39.5 Å². The fourth-order valence-electron chi connectivity index (χ4n) is 4.56. The molecule has 0 saturated heterocycles. The van der Waals surface area contributed by atoms with Crippen LogP contribution in [-0.2, 0) is 27.2 Å². The Bertz CT molecular complexity index is 1610. The van der Waals surface area contributed by atoms with Crippen LogP contribution in [0.25, 0.3) is 0 Å². The van der Waals surface area contributed by atoms with E-state index in [2.05, 4.69) is 14.8 Å². The third kappa shape index (κ3) is 7.55. The van der Waals surface area contributed by atoms with E-state index in [4.69, 9.17) is 26.2 Å². The SMILES string of the molecule is CCN(CCOC)S(=O)(=O)NC(=NC)N1CC(O)(c2ccc(OCc3ccc(C(=O)O)cc3)cc2)C(c2ccc(Cl)cc2)=N1. The molecule has 0 saturated carbocycles. The molecule has 0 amide bonds. The fraction of sp³-hybridized carbons (Fsp3) is 0.300. The van der Waals surface area contributed by atoms with Crippen molar-refractivity contribution in [2.45, 2.75) is 19.1 Å². The molecule has 1 heterocycles. The number of β-amino-alcohol motifs (C(OH)–C–C–N with tert-alkyl or cyclic N) is 1. The van der Waals surface area contributed by atoms with Gasteiger partial charge in [0.25, 0.3) is 0 Å². The summed E-state index contributed by atoms with van der Waals surface area (Å²) in [6, 6.07) is 20.0. The molecule has 234 valence electrons. The average Bonchev–Trinajstić information content (AvgIpc) is 3.38. The van der Waals surface area contributed by atoms with Crippen molar-refractivity contribution < 1.29 is 32.9 Å². The first kappa shape index (κ1) is 32.9. The van der Waals surface area contributed by atoms with E-state index in [9.17, 15) is 18.3 Å². The molecule has 0 aromatic heterocycles. The molecule has 0 fully saturated rings. The van der Waals surface area contributed by atoms with Gasteiger partial charge in [0, 0.05) is 37.8 Å². The summed E-state index contributed by atoms with van der Waals surface area (Å²) in [7, 11) is -1.09. The molecular formula is C30H34ClN5O7S. The van der Waals surface area contributed by atoms with E-state index in [1.54, 1.807) is 67.6 Å². The molecule has 3 aromatic rings. The molecule has 1 atom stereocenters. The minimum Gasteiger partial charge on any atom is -0.489 e. The summed E-state index contributed by atoms with van der Waals surface area (Å²) in [5.74, 6) is -0.548. The number of carbonyl (C=O) groups is 1. The number of rotatable bonds is 12. The van der Waals surface area contributed by atoms with Crippen LogP contribution in [-0.4, -0.2) is 86.0 Å². The molecule has 1 aliphatic heterocycles. The first-order valence-corrected chi connectivity index (χ1v) is 15.5. The standard InChI is InChI=1S/C30H34ClN5O7S/c1-4-35(17-18-42-3)44(40,41)34-29(32-2)36-20-30(39,27(33-36)22-9-13-25(31)14-10-22)24-11-15-26(16-12-24)43-19-21-5-7-23(8-6-21)28(37)38/h5-16,39H,4,17-20H2,1-3H3,(H,32,34)(H,37,38). The van der Waals surface area contributed by atoms with E-state index in [-0.39, 0.29) is 50.1 Å². The molecular weight excluding hydrogens is 610 g/mol. The van der Waals surface area contributed by atoms with Crippen LogP contribution in [0.15, 0.2) is 82.9 Å². The van der Waals surface area contributed by atoms with Crippen LogP contribution in [0.3, 0.4) is 0 Å². The van der Waals surface area contributed by atoms with Crippen molar-refractivity contribution in [3.63, 3.8) is 0 Å². The van der Waals surface area contributed by atoms with E-state index < -0.39 is 21.8 Å². The number of carboxylic acid groups (broad SMARTS) is 1. The van der Waals surface area contributed by atoms with Crippen molar-refractivity contribution in [1.29, 1.82) is 0 Å². The lowest BCUT2D eigenvalue weighted by molar-refractivity contribution is 0.0696. The molecule has 14 heteroatoms. The molecule has 44 heavy (non-hydrogen) atoms. The van der Waals surface area contributed by atoms with Gasteiger partial charge in [-0.3, -0.25) is 4.99 Å². The lowest BCUT2D eigenvalue weighted by Gasteiger charge is -2.27. The number of nitrogens with one attached hydrogen (secondary N) is 1. The largest absolute Gasteiger partial charge is 0.489 e. The monoisotopic (exact) mass is 643 g/mol. The predicted octanol–water partition coefficient (Wildman–Crippen LogP) is 3.31. The van der Waals surface area contributed by atoms with Gasteiger partial charge in [0.05, 0.1) is 18.7 Å². The highest BCUT2D eigenvalue weighted by Gasteiger charge is 2.45. The molecule has 0 aliphatic carbocycles. The molecule has 0 radical (unpaired) electrons. The maximum Gasteiger partial charge on any atom is 0.335 e. The fourth-order valence-corrected chi connectivity index (χ4v) is 5.89. The first-order valence-electron chi connectivity index (χ1n) is 13.6. The molecule has 0 spiro atoms. The van der Waals surface area contributed by atoms with Crippen LogP contribution < -0.4 is 9.46 Å². The number of guanidine groups is 1. The smallest absolute Gasteiger partial charge is 0.335 e. The Balaban J connectivity index is 1.59. The average molecular weight is 644 g/mol. The van der Waals surface area contributed by atoms with Gasteiger partial charge < -0.3 is 19.7 Å². The third-order valence-corrected chi connectivity index (χ3v) is 8.77. The van der Waals surface area contributed by atoms with E-state index in [1.807, 2.05) is 0 Å². The number of carboxylic acids is 1. The molecule has 0 bridgehead atoms. The van der Waals surface area contributed by atoms with Gasteiger partial charge in [0.2, 0.25) is 5.96 Å². The predicted molar refractivity (Wildman–Crippen MR) is 167 cm³/mol. The highest BCUT2D eigenvalue weighted by atomic mass is 35.5. The molecule has 4 rings (SSSR count). The van der Waals surface area contributed by atoms with Gasteiger partial charge in [-0.15, -0.1) is 0 Å². The van der Waals surface area contributed by atoms with Crippen LogP contribution in [0.1, 0.15) is 34.0 Å². The Hall–Kier alpha value is -4.01. The summed E-state index contributed by atoms with van der Waals surface area (Å²) in [6.45, 7) is 2.36. The maximum atomic E-state index is 13.1. The van der Waals surface area contributed by atoms with E-state index in [1.165, 1.54) is 35.6 Å². The number of nitrogens with zero attached hydrogens (tertiary/aromatic N) is 4. The number of hydrogen-bond donors (Lipinski definition) is 3. The minimum atomic E-state index is -4.01. The second-order valence-electron chi connectivity index (χ2n) is 9.83. The summed E-state index contributed by atoms with van der Waals surface area (Å²) < 4.78 is 40.9. The topological polar surface area (TPSA) is 153 Å². The number of halogens is 1. The second kappa shape index (κ2) is 14.2. The number of benzene rings is 3. The van der Waals surface area contributed by atoms with Gasteiger partial charge >= 0.3 is 16.2 Å². The molecule has 1 unspecified atom stereocenters. The van der Waals surface area contributed by atoms with E-state index in [0.717, 1.165) is 5.56 Å². The van der Waals surface area contributed by atoms with E-state index >= 15 is 0 Å². The highest BCUT2D eigenvalue weighted by molar-refractivity contribution is 7.87. The summed E-state index contributed by atoms with van der Waals surface area (Å²) in [5, 5.41) is 27.7. The number of hydrazone groups is 1. The zero-order valence-electron chi connectivity index (χ0n) is 24.5. The van der Waals surface area contributed by atoms with Crippen molar-refractivity contribution in [2.24, 2.45) is 10.1 Å². The number of aromatic carboxylic acids is 1. The second-order valence-corrected chi connectivity index (χ2v) is 11.9. The van der Waals surface area contributed by atoms with Crippen molar-refractivity contribution in [2.75, 3.05) is 40.4 Å². The highest BCUT2D eigenvalue weighted by Crippen LogP contribution is 2.34. The van der Waals surface area contributed by atoms with Gasteiger partial charge in [-0.05, 0) is 47.5 Å². The minimum absolute atomic E-state index is 0.0721. The summed E-state index contributed by atoms with van der Waals surface area (Å²) in [4.78, 5) is 15.2. The Kier molecular flexibility index (Phi) is 10.6. The lowest BCUT2D eigenvalue weighted by Crippen LogP contribution is -2.50. The molecule has 3 aromatic carbocycles. The molecule has 12 nitrogen and oxygen atoms in total. The van der Waals surface area contributed by atoms with Crippen LogP contribution in [0.5, 0.6) is 5.75 Å². The number of aliphatic hydroxyl groups is 1. The Labute approximate surface area is 261 Å². The van der Waals surface area contributed by atoms with Crippen LogP contribution in [0, 0.1) is 0 Å². The zero-order valence-corrected chi connectivity index (χ0v) is 26.0. The molecule has 3 N–H and O–H groups in total. The van der Waals surface area contributed by atoms with Gasteiger partial charge in [0.15, 0.2) is 5.60 Å². The van der Waals surface area contributed by atoms with Crippen LogP contribution in [0.4, 0.5) is 0 Å². The maximum absolute atomic E-state index is 13.1. The van der Waals surface area contributed by atoms with Crippen molar-refractivity contribution in [3.8, 4) is 5.75 Å². The number of hydrogen-bond acceptors (Lipinski definition) is 8. The Morgan fingerprint density at radius 2 is 1.77 bits per heavy atom. The third-order valence-electron chi connectivity index (χ3n) is 6.96. The van der Waals surface area contributed by atoms with Gasteiger partial charge in [-0.25, -0.2) is 14.5 Å². The van der Waals surface area contributed by atoms with Gasteiger partial charge in [0.1, 0.15) is 18.1 Å². The van der Waals surface area contributed by atoms with Crippen molar-refractivity contribution in [3.05, 3.63) is 100 Å². The van der Waals surface area contributed by atoms with Crippen LogP contribution in [0.2, 0.25) is 5.02 Å². The van der Waals surface area contributed by atoms with E-state index in [0.29, 0.717) is 21.9 Å². The Morgan fingerprint density at radius 3 is 2.34 bits per heavy atom. The number of methoxy groups -OCH3 is 1. The van der Waals surface area contributed by atoms with Crippen molar-refractivity contribution in [1.82, 2.24) is 14.0 Å². The normalized spacial score (nSPS) is 17.1. The lowest BCUT2D eigenvalue weighted by atomic mass is 9.86.